The van der Waals surface area contributed by atoms with E-state index in [0.717, 1.165) is 18.4 Å². The number of aromatic nitrogens is 1. The first kappa shape index (κ1) is 20.3. The smallest absolute Gasteiger partial charge is 0.269 e. The van der Waals surface area contributed by atoms with Crippen LogP contribution >= 0.6 is 0 Å². The Morgan fingerprint density at radius 2 is 1.62 bits per heavy atom. The summed E-state index contributed by atoms with van der Waals surface area (Å²) < 4.78 is 0. The Kier molecular flexibility index (Phi) is 7.11. The van der Waals surface area contributed by atoms with Crippen molar-refractivity contribution in [1.82, 2.24) is 15.6 Å². The zero-order valence-electron chi connectivity index (χ0n) is 16.5. The first-order valence-electron chi connectivity index (χ1n) is 9.77. The highest BCUT2D eigenvalue weighted by atomic mass is 16.2. The van der Waals surface area contributed by atoms with E-state index >= 15 is 0 Å². The quantitative estimate of drug-likeness (QED) is 0.575. The van der Waals surface area contributed by atoms with Gasteiger partial charge in [-0.1, -0.05) is 60.7 Å². The zero-order valence-corrected chi connectivity index (χ0v) is 16.5. The number of carbonyl (C=O) groups excluding carboxylic acids is 2. The fourth-order valence-electron chi connectivity index (χ4n) is 3.03. The SMILES string of the molecule is CC(NC(=O)c1ccnc(C(=O)NCCCc2ccccc2)c1)c1ccccc1. The van der Waals surface area contributed by atoms with Gasteiger partial charge in [0.25, 0.3) is 11.8 Å². The molecule has 2 N–H and O–H groups in total. The van der Waals surface area contributed by atoms with Crippen molar-refractivity contribution in [1.29, 1.82) is 0 Å². The highest BCUT2D eigenvalue weighted by molar-refractivity contribution is 5.98. The van der Waals surface area contributed by atoms with Gasteiger partial charge in [0.2, 0.25) is 0 Å². The molecule has 0 radical (unpaired) electrons. The number of carbonyl (C=O) groups is 2. The van der Waals surface area contributed by atoms with Crippen LogP contribution in [0, 0.1) is 0 Å². The number of hydrogen-bond donors (Lipinski definition) is 2. The molecule has 0 aliphatic carbocycles. The zero-order chi connectivity index (χ0) is 20.5. The van der Waals surface area contributed by atoms with E-state index in [0.29, 0.717) is 12.1 Å². The van der Waals surface area contributed by atoms with Gasteiger partial charge in [0.15, 0.2) is 0 Å². The molecule has 2 aromatic carbocycles. The number of amides is 2. The number of aryl methyl sites for hydroxylation is 1. The van der Waals surface area contributed by atoms with Gasteiger partial charge in [0.1, 0.15) is 5.69 Å². The summed E-state index contributed by atoms with van der Waals surface area (Å²) in [6.07, 6.45) is 3.22. The summed E-state index contributed by atoms with van der Waals surface area (Å²) in [6, 6.07) is 22.9. The lowest BCUT2D eigenvalue weighted by molar-refractivity contribution is 0.0939. The van der Waals surface area contributed by atoms with Crippen LogP contribution in [0.15, 0.2) is 79.0 Å². The third-order valence-corrected chi connectivity index (χ3v) is 4.67. The van der Waals surface area contributed by atoms with Crippen molar-refractivity contribution in [3.8, 4) is 0 Å². The second kappa shape index (κ2) is 10.2. The number of hydrogen-bond acceptors (Lipinski definition) is 3. The van der Waals surface area contributed by atoms with Crippen molar-refractivity contribution < 1.29 is 9.59 Å². The number of nitrogens with zero attached hydrogens (tertiary/aromatic N) is 1. The maximum atomic E-state index is 12.5. The molecular formula is C24H25N3O2. The fourth-order valence-corrected chi connectivity index (χ4v) is 3.03. The lowest BCUT2D eigenvalue weighted by Crippen LogP contribution is -2.28. The Balaban J connectivity index is 1.52. The summed E-state index contributed by atoms with van der Waals surface area (Å²) >= 11 is 0. The molecule has 2 amide bonds. The minimum atomic E-state index is -0.274. The molecule has 0 aliphatic rings. The molecule has 0 fully saturated rings. The lowest BCUT2D eigenvalue weighted by atomic mass is 10.1. The summed E-state index contributed by atoms with van der Waals surface area (Å²) in [4.78, 5) is 29.0. The van der Waals surface area contributed by atoms with Crippen molar-refractivity contribution in [3.63, 3.8) is 0 Å². The molecule has 0 bridgehead atoms. The van der Waals surface area contributed by atoms with Crippen LogP contribution in [0.25, 0.3) is 0 Å². The van der Waals surface area contributed by atoms with Gasteiger partial charge in [0.05, 0.1) is 6.04 Å². The molecule has 148 valence electrons. The molecule has 0 aliphatic heterocycles. The molecule has 1 aromatic heterocycles. The average Bonchev–Trinajstić information content (AvgIpc) is 2.78. The molecule has 5 heteroatoms. The first-order valence-corrected chi connectivity index (χ1v) is 9.77. The molecule has 1 atom stereocenters. The highest BCUT2D eigenvalue weighted by Gasteiger charge is 2.14. The van der Waals surface area contributed by atoms with Crippen LogP contribution in [0.4, 0.5) is 0 Å². The number of nitrogens with one attached hydrogen (secondary N) is 2. The van der Waals surface area contributed by atoms with E-state index in [1.807, 2.05) is 55.5 Å². The highest BCUT2D eigenvalue weighted by Crippen LogP contribution is 2.12. The minimum Gasteiger partial charge on any atom is -0.351 e. The predicted octanol–water partition coefficient (Wildman–Crippen LogP) is 3.94. The topological polar surface area (TPSA) is 71.1 Å². The largest absolute Gasteiger partial charge is 0.351 e. The van der Waals surface area contributed by atoms with E-state index in [1.165, 1.54) is 17.8 Å². The average molecular weight is 387 g/mol. The van der Waals surface area contributed by atoms with Crippen molar-refractivity contribution >= 4 is 11.8 Å². The van der Waals surface area contributed by atoms with Gasteiger partial charge in [-0.25, -0.2) is 0 Å². The van der Waals surface area contributed by atoms with Crippen molar-refractivity contribution in [2.45, 2.75) is 25.8 Å². The van der Waals surface area contributed by atoms with E-state index in [-0.39, 0.29) is 23.6 Å². The minimum absolute atomic E-state index is 0.132. The van der Waals surface area contributed by atoms with Gasteiger partial charge in [-0.05, 0) is 43.0 Å². The Morgan fingerprint density at radius 1 is 0.931 bits per heavy atom. The summed E-state index contributed by atoms with van der Waals surface area (Å²) in [5, 5.41) is 5.82. The van der Waals surface area contributed by atoms with Gasteiger partial charge in [-0.3, -0.25) is 14.6 Å². The van der Waals surface area contributed by atoms with Crippen LogP contribution in [0.1, 0.15) is 51.4 Å². The molecule has 0 saturated carbocycles. The molecule has 1 unspecified atom stereocenters. The number of benzene rings is 2. The molecule has 5 nitrogen and oxygen atoms in total. The van der Waals surface area contributed by atoms with E-state index in [2.05, 4.69) is 27.8 Å². The summed E-state index contributed by atoms with van der Waals surface area (Å²) in [7, 11) is 0. The van der Waals surface area contributed by atoms with E-state index in [9.17, 15) is 9.59 Å². The van der Waals surface area contributed by atoms with Crippen LogP contribution in [0.2, 0.25) is 0 Å². The molecule has 3 aromatic rings. The van der Waals surface area contributed by atoms with Gasteiger partial charge < -0.3 is 10.6 Å². The second-order valence-electron chi connectivity index (χ2n) is 6.88. The van der Waals surface area contributed by atoms with Crippen molar-refractivity contribution in [3.05, 3.63) is 101 Å². The molecule has 0 saturated heterocycles. The van der Waals surface area contributed by atoms with Crippen LogP contribution < -0.4 is 10.6 Å². The van der Waals surface area contributed by atoms with Gasteiger partial charge in [-0.15, -0.1) is 0 Å². The Morgan fingerprint density at radius 3 is 2.34 bits per heavy atom. The van der Waals surface area contributed by atoms with Crippen LogP contribution in [0.5, 0.6) is 0 Å². The third kappa shape index (κ3) is 6.01. The normalized spacial score (nSPS) is 11.5. The van der Waals surface area contributed by atoms with Crippen LogP contribution in [-0.2, 0) is 6.42 Å². The maximum Gasteiger partial charge on any atom is 0.269 e. The molecule has 29 heavy (non-hydrogen) atoms. The summed E-state index contributed by atoms with van der Waals surface area (Å²) in [6.45, 7) is 2.48. The van der Waals surface area contributed by atoms with Crippen LogP contribution in [-0.4, -0.2) is 23.3 Å². The molecule has 0 spiro atoms. The van der Waals surface area contributed by atoms with E-state index < -0.39 is 0 Å². The molecular weight excluding hydrogens is 362 g/mol. The summed E-state index contributed by atoms with van der Waals surface area (Å²) in [5.41, 5.74) is 2.92. The van der Waals surface area contributed by atoms with Crippen LogP contribution in [0.3, 0.4) is 0 Å². The molecule has 3 rings (SSSR count). The third-order valence-electron chi connectivity index (χ3n) is 4.67. The standard InChI is InChI=1S/C24H25N3O2/c1-18(20-12-6-3-7-13-20)27-23(28)21-14-16-25-22(17-21)24(29)26-15-8-11-19-9-4-2-5-10-19/h2-7,9-10,12-14,16-18H,8,11,15H2,1H3,(H,26,29)(H,27,28). The molecule has 1 heterocycles. The fraction of sp³-hybridized carbons (Fsp3) is 0.208. The lowest BCUT2D eigenvalue weighted by Gasteiger charge is -2.14. The predicted molar refractivity (Wildman–Crippen MR) is 114 cm³/mol. The summed E-state index contributed by atoms with van der Waals surface area (Å²) in [5.74, 6) is -0.509. The van der Waals surface area contributed by atoms with E-state index in [4.69, 9.17) is 0 Å². The van der Waals surface area contributed by atoms with Gasteiger partial charge in [-0.2, -0.15) is 0 Å². The number of rotatable bonds is 8. The van der Waals surface area contributed by atoms with Gasteiger partial charge >= 0.3 is 0 Å². The van der Waals surface area contributed by atoms with Crippen molar-refractivity contribution in [2.24, 2.45) is 0 Å². The monoisotopic (exact) mass is 387 g/mol. The van der Waals surface area contributed by atoms with E-state index in [1.54, 1.807) is 6.07 Å². The Labute approximate surface area is 171 Å². The Bertz CT molecular complexity index is 943. The first-order chi connectivity index (χ1) is 14.1. The van der Waals surface area contributed by atoms with Gasteiger partial charge in [0, 0.05) is 18.3 Å². The Hall–Kier alpha value is -3.47. The maximum absolute atomic E-state index is 12.5. The second-order valence-corrected chi connectivity index (χ2v) is 6.88. The van der Waals surface area contributed by atoms with Crippen molar-refractivity contribution in [2.75, 3.05) is 6.54 Å². The number of pyridine rings is 1.